The van der Waals surface area contributed by atoms with Gasteiger partial charge >= 0.3 is 0 Å². The summed E-state index contributed by atoms with van der Waals surface area (Å²) in [7, 11) is 0. The maximum atomic E-state index is 13.3. The lowest BCUT2D eigenvalue weighted by Crippen LogP contribution is -2.24. The van der Waals surface area contributed by atoms with E-state index in [0.29, 0.717) is 23.9 Å². The van der Waals surface area contributed by atoms with Crippen LogP contribution in [0, 0.1) is 5.82 Å². The van der Waals surface area contributed by atoms with Gasteiger partial charge in [-0.25, -0.2) is 4.39 Å². The van der Waals surface area contributed by atoms with Gasteiger partial charge in [-0.1, -0.05) is 16.8 Å². The molecule has 126 valence electrons. The zero-order valence-corrected chi connectivity index (χ0v) is 13.7. The molecule has 3 aromatic rings. The molecule has 25 heavy (non-hydrogen) atoms. The fraction of sp³-hybridized carbons (Fsp3) is 0.176. The molecule has 3 heterocycles. The van der Waals surface area contributed by atoms with E-state index in [4.69, 9.17) is 16.1 Å². The standard InChI is InChI=1S/C17H12ClFN4O2/c18-13-8-12(1-2-14(13)19)23-9-11(7-15(23)24)17-21-16(22-25-17)10-3-5-20-6-4-10/h1-6,8,11H,7,9H2. The number of carbonyl (C=O) groups excluding carboxylic acids is 1. The largest absolute Gasteiger partial charge is 0.339 e. The van der Waals surface area contributed by atoms with E-state index < -0.39 is 5.82 Å². The number of rotatable bonds is 3. The van der Waals surface area contributed by atoms with Crippen LogP contribution in [0.4, 0.5) is 10.1 Å². The van der Waals surface area contributed by atoms with Crippen molar-refractivity contribution >= 4 is 23.2 Å². The van der Waals surface area contributed by atoms with Crippen molar-refractivity contribution in [2.45, 2.75) is 12.3 Å². The lowest BCUT2D eigenvalue weighted by molar-refractivity contribution is -0.117. The fourth-order valence-corrected chi connectivity index (χ4v) is 2.97. The number of benzene rings is 1. The van der Waals surface area contributed by atoms with Crippen LogP contribution < -0.4 is 4.90 Å². The van der Waals surface area contributed by atoms with Gasteiger partial charge in [-0.05, 0) is 30.3 Å². The number of hydrogen-bond acceptors (Lipinski definition) is 5. The third kappa shape index (κ3) is 2.98. The van der Waals surface area contributed by atoms with Crippen LogP contribution in [-0.2, 0) is 4.79 Å². The van der Waals surface area contributed by atoms with Gasteiger partial charge in [0.05, 0.1) is 10.9 Å². The Kier molecular flexibility index (Phi) is 3.93. The van der Waals surface area contributed by atoms with E-state index in [1.54, 1.807) is 29.4 Å². The molecule has 0 bridgehead atoms. The average Bonchev–Trinajstić information content (AvgIpc) is 3.25. The number of nitrogens with zero attached hydrogens (tertiary/aromatic N) is 4. The first-order chi connectivity index (χ1) is 12.1. The molecule has 0 radical (unpaired) electrons. The van der Waals surface area contributed by atoms with Gasteiger partial charge < -0.3 is 9.42 Å². The highest BCUT2D eigenvalue weighted by Crippen LogP contribution is 2.33. The maximum Gasteiger partial charge on any atom is 0.232 e. The monoisotopic (exact) mass is 358 g/mol. The summed E-state index contributed by atoms with van der Waals surface area (Å²) < 4.78 is 18.6. The summed E-state index contributed by atoms with van der Waals surface area (Å²) in [5.41, 5.74) is 1.34. The number of anilines is 1. The molecule has 1 saturated heterocycles. The first kappa shape index (κ1) is 15.7. The van der Waals surface area contributed by atoms with Crippen molar-refractivity contribution in [1.29, 1.82) is 0 Å². The predicted octanol–water partition coefficient (Wildman–Crippen LogP) is 3.44. The molecule has 6 nitrogen and oxygen atoms in total. The van der Waals surface area contributed by atoms with Crippen molar-refractivity contribution in [1.82, 2.24) is 15.1 Å². The molecule has 1 unspecified atom stereocenters. The van der Waals surface area contributed by atoms with Gasteiger partial charge in [0, 0.05) is 36.6 Å². The number of aromatic nitrogens is 3. The van der Waals surface area contributed by atoms with Gasteiger partial charge in [0.15, 0.2) is 0 Å². The molecule has 8 heteroatoms. The molecule has 4 rings (SSSR count). The Labute approximate surface area is 147 Å². The molecule has 0 aliphatic carbocycles. The highest BCUT2D eigenvalue weighted by Gasteiger charge is 2.35. The van der Waals surface area contributed by atoms with Gasteiger partial charge in [-0.15, -0.1) is 0 Å². The number of halogens is 2. The Hall–Kier alpha value is -2.80. The Morgan fingerprint density at radius 1 is 1.24 bits per heavy atom. The van der Waals surface area contributed by atoms with Crippen molar-refractivity contribution in [3.8, 4) is 11.4 Å². The fourth-order valence-electron chi connectivity index (χ4n) is 2.79. The minimum atomic E-state index is -0.521. The molecule has 1 atom stereocenters. The number of pyridine rings is 1. The third-order valence-corrected chi connectivity index (χ3v) is 4.36. The van der Waals surface area contributed by atoms with Crippen molar-refractivity contribution in [2.75, 3.05) is 11.4 Å². The predicted molar refractivity (Wildman–Crippen MR) is 88.7 cm³/mol. The van der Waals surface area contributed by atoms with Gasteiger partial charge in [-0.2, -0.15) is 4.98 Å². The van der Waals surface area contributed by atoms with Crippen LogP contribution in [0.2, 0.25) is 5.02 Å². The average molecular weight is 359 g/mol. The highest BCUT2D eigenvalue weighted by atomic mass is 35.5. The Morgan fingerprint density at radius 2 is 2.04 bits per heavy atom. The van der Waals surface area contributed by atoms with E-state index in [-0.39, 0.29) is 23.3 Å². The number of amides is 1. The van der Waals surface area contributed by atoms with Crippen LogP contribution >= 0.6 is 11.6 Å². The van der Waals surface area contributed by atoms with E-state index in [1.165, 1.54) is 18.2 Å². The van der Waals surface area contributed by atoms with Crippen LogP contribution in [0.3, 0.4) is 0 Å². The van der Waals surface area contributed by atoms with E-state index in [0.717, 1.165) is 5.56 Å². The molecule has 1 fully saturated rings. The normalized spacial score (nSPS) is 17.3. The molecule has 1 aliphatic heterocycles. The summed E-state index contributed by atoms with van der Waals surface area (Å²) in [6.07, 6.45) is 3.53. The van der Waals surface area contributed by atoms with Crippen LogP contribution in [0.1, 0.15) is 18.2 Å². The second kappa shape index (κ2) is 6.25. The summed E-state index contributed by atoms with van der Waals surface area (Å²) in [6, 6.07) is 7.76. The molecule has 1 aromatic carbocycles. The first-order valence-electron chi connectivity index (χ1n) is 7.61. The van der Waals surface area contributed by atoms with E-state index >= 15 is 0 Å². The minimum absolute atomic E-state index is 0.0217. The smallest absolute Gasteiger partial charge is 0.232 e. The van der Waals surface area contributed by atoms with Crippen molar-refractivity contribution < 1.29 is 13.7 Å². The highest BCUT2D eigenvalue weighted by molar-refractivity contribution is 6.31. The zero-order chi connectivity index (χ0) is 17.4. The molecule has 0 N–H and O–H groups in total. The number of carbonyl (C=O) groups is 1. The summed E-state index contributed by atoms with van der Waals surface area (Å²) in [6.45, 7) is 0.374. The molecule has 1 aliphatic rings. The summed E-state index contributed by atoms with van der Waals surface area (Å²) in [5.74, 6) is 0.00672. The van der Waals surface area contributed by atoms with Crippen LogP contribution in [0.15, 0.2) is 47.2 Å². The minimum Gasteiger partial charge on any atom is -0.339 e. The van der Waals surface area contributed by atoms with Gasteiger partial charge in [0.25, 0.3) is 0 Å². The summed E-state index contributed by atoms with van der Waals surface area (Å²) in [4.78, 5) is 22.2. The second-order valence-electron chi connectivity index (χ2n) is 5.70. The summed E-state index contributed by atoms with van der Waals surface area (Å²) in [5, 5.41) is 3.94. The third-order valence-electron chi connectivity index (χ3n) is 4.07. The summed E-state index contributed by atoms with van der Waals surface area (Å²) >= 11 is 5.81. The number of hydrogen-bond donors (Lipinski definition) is 0. The quantitative estimate of drug-likeness (QED) is 0.717. The zero-order valence-electron chi connectivity index (χ0n) is 12.9. The molecular formula is C17H12ClFN4O2. The van der Waals surface area contributed by atoms with Crippen LogP contribution in [0.25, 0.3) is 11.4 Å². The lowest BCUT2D eigenvalue weighted by Gasteiger charge is -2.16. The SMILES string of the molecule is O=C1CC(c2nc(-c3ccncc3)no2)CN1c1ccc(F)c(Cl)c1. The topological polar surface area (TPSA) is 72.1 Å². The van der Waals surface area contributed by atoms with Gasteiger partial charge in [0.2, 0.25) is 17.6 Å². The molecule has 2 aromatic heterocycles. The molecule has 0 saturated carbocycles. The first-order valence-corrected chi connectivity index (χ1v) is 7.99. The van der Waals surface area contributed by atoms with Crippen molar-refractivity contribution in [3.63, 3.8) is 0 Å². The lowest BCUT2D eigenvalue weighted by atomic mass is 10.1. The van der Waals surface area contributed by atoms with E-state index in [1.807, 2.05) is 0 Å². The van der Waals surface area contributed by atoms with Gasteiger partial charge in [0.1, 0.15) is 5.82 Å². The maximum absolute atomic E-state index is 13.3. The molecule has 0 spiro atoms. The Balaban J connectivity index is 1.56. The Bertz CT molecular complexity index is 931. The van der Waals surface area contributed by atoms with Crippen LogP contribution in [0.5, 0.6) is 0 Å². The van der Waals surface area contributed by atoms with E-state index in [9.17, 15) is 9.18 Å². The molecule has 1 amide bonds. The molecular weight excluding hydrogens is 347 g/mol. The van der Waals surface area contributed by atoms with E-state index in [2.05, 4.69) is 15.1 Å². The van der Waals surface area contributed by atoms with Gasteiger partial charge in [-0.3, -0.25) is 9.78 Å². The Morgan fingerprint density at radius 3 is 2.80 bits per heavy atom. The van der Waals surface area contributed by atoms with Crippen LogP contribution in [-0.4, -0.2) is 27.6 Å². The van der Waals surface area contributed by atoms with Crippen molar-refractivity contribution in [3.05, 3.63) is 59.5 Å². The second-order valence-corrected chi connectivity index (χ2v) is 6.10. The van der Waals surface area contributed by atoms with Crippen molar-refractivity contribution in [2.24, 2.45) is 0 Å².